The van der Waals surface area contributed by atoms with E-state index in [1.165, 1.54) is 0 Å². The van der Waals surface area contributed by atoms with Gasteiger partial charge in [-0.25, -0.2) is 0 Å². The molecular weight excluding hydrogens is 162 g/mol. The maximum absolute atomic E-state index is 8.99. The van der Waals surface area contributed by atoms with Gasteiger partial charge in [0.2, 0.25) is 0 Å². The molecule has 0 spiro atoms. The molecule has 0 bridgehead atoms. The maximum atomic E-state index is 8.99. The Hall–Kier alpha value is -1.33. The third kappa shape index (κ3) is 2.07. The Morgan fingerprint density at radius 1 is 1.38 bits per heavy atom. The van der Waals surface area contributed by atoms with E-state index in [4.69, 9.17) is 10.4 Å². The van der Waals surface area contributed by atoms with Crippen molar-refractivity contribution >= 4 is 0 Å². The summed E-state index contributed by atoms with van der Waals surface area (Å²) in [6, 6.07) is 7.76. The summed E-state index contributed by atoms with van der Waals surface area (Å²) in [7, 11) is 0. The van der Waals surface area contributed by atoms with Crippen molar-refractivity contribution in [2.45, 2.75) is 26.4 Å². The Kier molecular flexibility index (Phi) is 3.48. The molecule has 0 fully saturated rings. The zero-order chi connectivity index (χ0) is 9.68. The van der Waals surface area contributed by atoms with Crippen molar-refractivity contribution in [2.75, 3.05) is 0 Å². The van der Waals surface area contributed by atoms with Crippen LogP contribution in [0.4, 0.5) is 0 Å². The lowest BCUT2D eigenvalue weighted by Gasteiger charge is -2.05. The fourth-order valence-electron chi connectivity index (χ4n) is 1.41. The normalized spacial score (nSPS) is 9.62. The first-order valence-electron chi connectivity index (χ1n) is 4.45. The van der Waals surface area contributed by atoms with Gasteiger partial charge in [0.25, 0.3) is 0 Å². The van der Waals surface area contributed by atoms with Crippen LogP contribution in [0, 0.1) is 11.3 Å². The van der Waals surface area contributed by atoms with Crippen LogP contribution in [0.1, 0.15) is 30.0 Å². The lowest BCUT2D eigenvalue weighted by Crippen LogP contribution is -1.95. The molecule has 1 aromatic rings. The van der Waals surface area contributed by atoms with Gasteiger partial charge in [-0.1, -0.05) is 31.5 Å². The lowest BCUT2D eigenvalue weighted by molar-refractivity contribution is 0.281. The monoisotopic (exact) mass is 175 g/mol. The summed E-state index contributed by atoms with van der Waals surface area (Å²) < 4.78 is 0. The average Bonchev–Trinajstić information content (AvgIpc) is 2.18. The van der Waals surface area contributed by atoms with E-state index in [0.717, 1.165) is 24.0 Å². The van der Waals surface area contributed by atoms with Crippen molar-refractivity contribution in [2.24, 2.45) is 0 Å². The molecule has 1 aromatic carbocycles. The summed E-state index contributed by atoms with van der Waals surface area (Å²) in [6.45, 7) is 2.02. The van der Waals surface area contributed by atoms with Crippen molar-refractivity contribution in [3.63, 3.8) is 0 Å². The molecule has 0 heterocycles. The standard InChI is InChI=1S/C11H13NO/c1-2-4-9-5-3-6-10(8-13)11(9)7-12/h3,5-6,13H,2,4,8H2,1H3. The molecule has 2 nitrogen and oxygen atoms in total. The number of aryl methyl sites for hydroxylation is 1. The molecule has 68 valence electrons. The minimum atomic E-state index is -0.0551. The summed E-state index contributed by atoms with van der Waals surface area (Å²) >= 11 is 0. The molecule has 2 heteroatoms. The van der Waals surface area contributed by atoms with Crippen molar-refractivity contribution in [1.82, 2.24) is 0 Å². The van der Waals surface area contributed by atoms with Crippen LogP contribution in [0.15, 0.2) is 18.2 Å². The van der Waals surface area contributed by atoms with Crippen LogP contribution in [0.5, 0.6) is 0 Å². The first-order valence-corrected chi connectivity index (χ1v) is 4.45. The highest BCUT2D eigenvalue weighted by atomic mass is 16.3. The number of nitrogens with zero attached hydrogens (tertiary/aromatic N) is 1. The third-order valence-electron chi connectivity index (χ3n) is 2.04. The second-order valence-corrected chi connectivity index (χ2v) is 2.97. The average molecular weight is 175 g/mol. The smallest absolute Gasteiger partial charge is 0.0998 e. The topological polar surface area (TPSA) is 44.0 Å². The lowest BCUT2D eigenvalue weighted by atomic mass is 9.99. The molecule has 0 saturated heterocycles. The van der Waals surface area contributed by atoms with Gasteiger partial charge in [0.05, 0.1) is 18.2 Å². The highest BCUT2D eigenvalue weighted by Gasteiger charge is 2.05. The Balaban J connectivity index is 3.13. The Bertz CT molecular complexity index is 325. The molecule has 0 amide bonds. The van der Waals surface area contributed by atoms with Crippen LogP contribution in [0.25, 0.3) is 0 Å². The summed E-state index contributed by atoms with van der Waals surface area (Å²) in [5, 5.41) is 17.9. The second kappa shape index (κ2) is 4.64. The largest absolute Gasteiger partial charge is 0.392 e. The van der Waals surface area contributed by atoms with E-state index < -0.39 is 0 Å². The van der Waals surface area contributed by atoms with E-state index in [-0.39, 0.29) is 6.61 Å². The molecular formula is C11H13NO. The van der Waals surface area contributed by atoms with Crippen LogP contribution in [-0.4, -0.2) is 5.11 Å². The predicted octanol–water partition coefficient (Wildman–Crippen LogP) is 2.00. The van der Waals surface area contributed by atoms with Crippen LogP contribution in [-0.2, 0) is 13.0 Å². The maximum Gasteiger partial charge on any atom is 0.0998 e. The molecule has 0 aliphatic rings. The highest BCUT2D eigenvalue weighted by Crippen LogP contribution is 2.15. The van der Waals surface area contributed by atoms with Crippen molar-refractivity contribution in [3.05, 3.63) is 34.9 Å². The van der Waals surface area contributed by atoms with Crippen LogP contribution >= 0.6 is 0 Å². The molecule has 1 N–H and O–H groups in total. The molecule has 1 rings (SSSR count). The van der Waals surface area contributed by atoms with Gasteiger partial charge in [0.15, 0.2) is 0 Å². The van der Waals surface area contributed by atoms with Gasteiger partial charge in [-0.3, -0.25) is 0 Å². The van der Waals surface area contributed by atoms with Crippen molar-refractivity contribution < 1.29 is 5.11 Å². The second-order valence-electron chi connectivity index (χ2n) is 2.97. The third-order valence-corrected chi connectivity index (χ3v) is 2.04. The molecule has 13 heavy (non-hydrogen) atoms. The van der Waals surface area contributed by atoms with Crippen LogP contribution < -0.4 is 0 Å². The van der Waals surface area contributed by atoms with E-state index in [1.807, 2.05) is 12.1 Å². The Morgan fingerprint density at radius 2 is 2.08 bits per heavy atom. The van der Waals surface area contributed by atoms with Gasteiger partial charge in [0.1, 0.15) is 0 Å². The molecule has 0 atom stereocenters. The Labute approximate surface area is 78.4 Å². The SMILES string of the molecule is CCCc1cccc(CO)c1C#N. The van der Waals surface area contributed by atoms with E-state index in [2.05, 4.69) is 13.0 Å². The molecule has 0 unspecified atom stereocenters. The minimum Gasteiger partial charge on any atom is -0.392 e. The molecule has 0 aliphatic carbocycles. The first kappa shape index (κ1) is 9.76. The number of rotatable bonds is 3. The molecule has 0 radical (unpaired) electrons. The van der Waals surface area contributed by atoms with E-state index in [9.17, 15) is 0 Å². The van der Waals surface area contributed by atoms with Gasteiger partial charge in [-0.05, 0) is 17.5 Å². The number of nitriles is 1. The van der Waals surface area contributed by atoms with Gasteiger partial charge >= 0.3 is 0 Å². The van der Waals surface area contributed by atoms with Gasteiger partial charge in [-0.2, -0.15) is 5.26 Å². The van der Waals surface area contributed by atoms with E-state index in [1.54, 1.807) is 6.07 Å². The number of benzene rings is 1. The number of aliphatic hydroxyl groups is 1. The predicted molar refractivity (Wildman–Crippen MR) is 51.1 cm³/mol. The van der Waals surface area contributed by atoms with E-state index in [0.29, 0.717) is 5.56 Å². The molecule has 0 aromatic heterocycles. The summed E-state index contributed by atoms with van der Waals surface area (Å²) in [4.78, 5) is 0. The zero-order valence-corrected chi connectivity index (χ0v) is 7.75. The Morgan fingerprint density at radius 3 is 2.62 bits per heavy atom. The van der Waals surface area contributed by atoms with Crippen LogP contribution in [0.2, 0.25) is 0 Å². The fraction of sp³-hybridized carbons (Fsp3) is 0.364. The first-order chi connectivity index (χ1) is 6.33. The fourth-order valence-corrected chi connectivity index (χ4v) is 1.41. The number of aliphatic hydroxyl groups excluding tert-OH is 1. The summed E-state index contributed by atoms with van der Waals surface area (Å²) in [5.74, 6) is 0. The van der Waals surface area contributed by atoms with E-state index >= 15 is 0 Å². The van der Waals surface area contributed by atoms with Crippen molar-refractivity contribution in [3.8, 4) is 6.07 Å². The minimum absolute atomic E-state index is 0.0551. The van der Waals surface area contributed by atoms with Gasteiger partial charge in [-0.15, -0.1) is 0 Å². The molecule has 0 aliphatic heterocycles. The van der Waals surface area contributed by atoms with Crippen LogP contribution in [0.3, 0.4) is 0 Å². The van der Waals surface area contributed by atoms with Gasteiger partial charge < -0.3 is 5.11 Å². The summed E-state index contributed by atoms with van der Waals surface area (Å²) in [6.07, 6.45) is 1.92. The number of hydrogen-bond donors (Lipinski definition) is 1. The molecule has 0 saturated carbocycles. The quantitative estimate of drug-likeness (QED) is 0.763. The highest BCUT2D eigenvalue weighted by molar-refractivity contribution is 5.44. The van der Waals surface area contributed by atoms with Crippen molar-refractivity contribution in [1.29, 1.82) is 5.26 Å². The zero-order valence-electron chi connectivity index (χ0n) is 7.75. The number of hydrogen-bond acceptors (Lipinski definition) is 2. The summed E-state index contributed by atoms with van der Waals surface area (Å²) in [5.41, 5.74) is 2.41. The van der Waals surface area contributed by atoms with Gasteiger partial charge in [0, 0.05) is 0 Å².